The Morgan fingerprint density at radius 3 is 2.42 bits per heavy atom. The van der Waals surface area contributed by atoms with Gasteiger partial charge in [0.15, 0.2) is 0 Å². The lowest BCUT2D eigenvalue weighted by Gasteiger charge is -2.13. The number of rotatable bonds is 8. The van der Waals surface area contributed by atoms with Crippen molar-refractivity contribution in [3.05, 3.63) is 59.7 Å². The van der Waals surface area contributed by atoms with Gasteiger partial charge in [-0.3, -0.25) is 0 Å². The molecule has 0 radical (unpaired) electrons. The van der Waals surface area contributed by atoms with Gasteiger partial charge in [0, 0.05) is 30.5 Å². The van der Waals surface area contributed by atoms with Crippen molar-refractivity contribution in [3.63, 3.8) is 0 Å². The van der Waals surface area contributed by atoms with Gasteiger partial charge in [-0.15, -0.1) is 13.2 Å². The third kappa shape index (κ3) is 6.85. The molecule has 1 heterocycles. The van der Waals surface area contributed by atoms with Gasteiger partial charge in [-0.25, -0.2) is 4.98 Å². The van der Waals surface area contributed by atoms with Gasteiger partial charge in [0.25, 0.3) is 0 Å². The first-order valence-corrected chi connectivity index (χ1v) is 9.67. The molecule has 3 aromatic rings. The van der Waals surface area contributed by atoms with Gasteiger partial charge in [0.1, 0.15) is 11.6 Å². The van der Waals surface area contributed by atoms with Crippen molar-refractivity contribution in [1.29, 1.82) is 0 Å². The van der Waals surface area contributed by atoms with Crippen LogP contribution in [0.25, 0.3) is 11.3 Å². The first kappa shape index (κ1) is 22.4. The van der Waals surface area contributed by atoms with Crippen LogP contribution in [0.4, 0.5) is 30.6 Å². The fourth-order valence-corrected chi connectivity index (χ4v) is 3.06. The first-order valence-electron chi connectivity index (χ1n) is 9.67. The third-order valence-corrected chi connectivity index (χ3v) is 4.20. The maximum atomic E-state index is 12.6. The molecule has 0 unspecified atom stereocenters. The Morgan fingerprint density at radius 2 is 1.74 bits per heavy atom. The molecule has 3 rings (SSSR count). The Kier molecular flexibility index (Phi) is 6.96. The number of ether oxygens (including phenoxy) is 1. The zero-order valence-electron chi connectivity index (χ0n) is 17.1. The van der Waals surface area contributed by atoms with E-state index in [9.17, 15) is 13.2 Å². The predicted octanol–water partition coefficient (Wildman–Crippen LogP) is 5.20. The van der Waals surface area contributed by atoms with E-state index in [1.165, 1.54) is 18.2 Å². The van der Waals surface area contributed by atoms with Crippen molar-refractivity contribution in [1.82, 2.24) is 9.97 Å². The highest BCUT2D eigenvalue weighted by atomic mass is 19.4. The Bertz CT molecular complexity index is 1020. The molecule has 0 bridgehead atoms. The average Bonchev–Trinajstić information content (AvgIpc) is 2.66. The van der Waals surface area contributed by atoms with E-state index in [1.807, 2.05) is 32.0 Å². The molecule has 0 aliphatic carbocycles. The molecule has 0 fully saturated rings. The molecule has 164 valence electrons. The Hall–Kier alpha value is -3.33. The minimum absolute atomic E-state index is 0.0111. The summed E-state index contributed by atoms with van der Waals surface area (Å²) in [7, 11) is 0. The Morgan fingerprint density at radius 1 is 1.00 bits per heavy atom. The van der Waals surface area contributed by atoms with Crippen molar-refractivity contribution in [2.45, 2.75) is 26.6 Å². The van der Waals surface area contributed by atoms with Gasteiger partial charge in [0.05, 0.1) is 5.69 Å². The molecular weight excluding hydrogens is 409 g/mol. The molecule has 0 spiro atoms. The molecule has 0 amide bonds. The van der Waals surface area contributed by atoms with Gasteiger partial charge in [-0.1, -0.05) is 18.2 Å². The monoisotopic (exact) mass is 432 g/mol. The summed E-state index contributed by atoms with van der Waals surface area (Å²) in [4.78, 5) is 8.85. The van der Waals surface area contributed by atoms with E-state index in [0.29, 0.717) is 36.0 Å². The van der Waals surface area contributed by atoms with Crippen molar-refractivity contribution >= 4 is 17.5 Å². The molecule has 1 aromatic heterocycles. The SMILES string of the molecule is Cc1cc(C)cc(Nc2cc(-c3cccc(OC(F)(F)F)c3)nc(NCCCO)n2)c1. The van der Waals surface area contributed by atoms with E-state index in [1.54, 1.807) is 12.1 Å². The minimum Gasteiger partial charge on any atom is -0.406 e. The largest absolute Gasteiger partial charge is 0.573 e. The number of nitrogens with one attached hydrogen (secondary N) is 2. The minimum atomic E-state index is -4.78. The second-order valence-electron chi connectivity index (χ2n) is 7.04. The Balaban J connectivity index is 1.96. The van der Waals surface area contributed by atoms with Gasteiger partial charge in [0.2, 0.25) is 5.95 Å². The summed E-state index contributed by atoms with van der Waals surface area (Å²) in [5, 5.41) is 15.3. The quantitative estimate of drug-likeness (QED) is 0.425. The second kappa shape index (κ2) is 9.65. The summed E-state index contributed by atoms with van der Waals surface area (Å²) < 4.78 is 41.8. The number of hydrogen-bond acceptors (Lipinski definition) is 6. The number of aliphatic hydroxyl groups excluding tert-OH is 1. The fourth-order valence-electron chi connectivity index (χ4n) is 3.06. The van der Waals surface area contributed by atoms with Crippen LogP contribution in [-0.4, -0.2) is 34.6 Å². The zero-order valence-corrected chi connectivity index (χ0v) is 17.1. The van der Waals surface area contributed by atoms with Crippen LogP contribution < -0.4 is 15.4 Å². The number of hydrogen-bond donors (Lipinski definition) is 3. The number of alkyl halides is 3. The second-order valence-corrected chi connectivity index (χ2v) is 7.04. The molecule has 0 saturated carbocycles. The topological polar surface area (TPSA) is 79.3 Å². The van der Waals surface area contributed by atoms with Crippen LogP contribution in [0, 0.1) is 13.8 Å². The van der Waals surface area contributed by atoms with Gasteiger partial charge < -0.3 is 20.5 Å². The van der Waals surface area contributed by atoms with Crippen LogP contribution in [0.2, 0.25) is 0 Å². The smallest absolute Gasteiger partial charge is 0.406 e. The van der Waals surface area contributed by atoms with Gasteiger partial charge in [-0.2, -0.15) is 4.98 Å². The maximum absolute atomic E-state index is 12.6. The van der Waals surface area contributed by atoms with Crippen LogP contribution in [0.5, 0.6) is 5.75 Å². The summed E-state index contributed by atoms with van der Waals surface area (Å²) in [5.74, 6) is 0.436. The third-order valence-electron chi connectivity index (χ3n) is 4.20. The molecule has 0 atom stereocenters. The normalized spacial score (nSPS) is 11.3. The first-order chi connectivity index (χ1) is 14.7. The molecule has 2 aromatic carbocycles. The number of nitrogens with zero attached hydrogens (tertiary/aromatic N) is 2. The Labute approximate surface area is 178 Å². The predicted molar refractivity (Wildman–Crippen MR) is 114 cm³/mol. The summed E-state index contributed by atoms with van der Waals surface area (Å²) in [6, 6.07) is 13.2. The number of anilines is 3. The summed E-state index contributed by atoms with van der Waals surface area (Å²) in [5.41, 5.74) is 3.85. The van der Waals surface area contributed by atoms with Crippen LogP contribution in [0.1, 0.15) is 17.5 Å². The molecule has 31 heavy (non-hydrogen) atoms. The number of benzene rings is 2. The zero-order chi connectivity index (χ0) is 22.4. The van der Waals surface area contributed by atoms with E-state index < -0.39 is 6.36 Å². The van der Waals surface area contributed by atoms with Crippen molar-refractivity contribution < 1.29 is 23.0 Å². The lowest BCUT2D eigenvalue weighted by atomic mass is 10.1. The highest BCUT2D eigenvalue weighted by Crippen LogP contribution is 2.29. The van der Waals surface area contributed by atoms with Crippen molar-refractivity contribution in [3.8, 4) is 17.0 Å². The number of aryl methyl sites for hydroxylation is 2. The van der Waals surface area contributed by atoms with Crippen LogP contribution in [0.15, 0.2) is 48.5 Å². The molecule has 0 saturated heterocycles. The van der Waals surface area contributed by atoms with Crippen LogP contribution in [-0.2, 0) is 0 Å². The van der Waals surface area contributed by atoms with Gasteiger partial charge >= 0.3 is 6.36 Å². The summed E-state index contributed by atoms with van der Waals surface area (Å²) >= 11 is 0. The molecule has 0 aliphatic heterocycles. The van der Waals surface area contributed by atoms with E-state index >= 15 is 0 Å². The van der Waals surface area contributed by atoms with E-state index in [0.717, 1.165) is 16.8 Å². The standard InChI is InChI=1S/C22H23F3N4O2/c1-14-9-15(2)11-17(10-14)27-20-13-19(28-21(29-20)26-7-4-8-30)16-5-3-6-18(12-16)31-22(23,24)25/h3,5-6,9-13,30H,4,7-8H2,1-2H3,(H2,26,27,28,29). The number of halogens is 3. The molecule has 0 aliphatic rings. The fraction of sp³-hybridized carbons (Fsp3) is 0.273. The summed E-state index contributed by atoms with van der Waals surface area (Å²) in [6.45, 7) is 4.42. The molecule has 9 heteroatoms. The lowest BCUT2D eigenvalue weighted by Crippen LogP contribution is -2.17. The lowest BCUT2D eigenvalue weighted by molar-refractivity contribution is -0.274. The van der Waals surface area contributed by atoms with Gasteiger partial charge in [-0.05, 0) is 55.7 Å². The highest BCUT2D eigenvalue weighted by molar-refractivity contribution is 5.68. The molecule has 3 N–H and O–H groups in total. The summed E-state index contributed by atoms with van der Waals surface area (Å²) in [6.07, 6.45) is -4.28. The molecule has 6 nitrogen and oxygen atoms in total. The molecular formula is C22H23F3N4O2. The number of aromatic nitrogens is 2. The highest BCUT2D eigenvalue weighted by Gasteiger charge is 2.31. The van der Waals surface area contributed by atoms with E-state index in [-0.39, 0.29) is 12.4 Å². The maximum Gasteiger partial charge on any atom is 0.573 e. The van der Waals surface area contributed by atoms with E-state index in [2.05, 4.69) is 25.3 Å². The average molecular weight is 432 g/mol. The van der Waals surface area contributed by atoms with Crippen molar-refractivity contribution in [2.24, 2.45) is 0 Å². The van der Waals surface area contributed by atoms with Crippen LogP contribution >= 0.6 is 0 Å². The van der Waals surface area contributed by atoms with Crippen LogP contribution in [0.3, 0.4) is 0 Å². The number of aliphatic hydroxyl groups is 1. The van der Waals surface area contributed by atoms with Crippen molar-refractivity contribution in [2.75, 3.05) is 23.8 Å². The van der Waals surface area contributed by atoms with E-state index in [4.69, 9.17) is 5.11 Å².